The lowest BCUT2D eigenvalue weighted by atomic mass is 10.0. The third-order valence-corrected chi connectivity index (χ3v) is 3.35. The van der Waals surface area contributed by atoms with E-state index in [4.69, 9.17) is 11.6 Å². The molecule has 0 saturated heterocycles. The molecule has 0 bridgehead atoms. The van der Waals surface area contributed by atoms with Crippen LogP contribution >= 0.6 is 11.6 Å². The number of aromatic nitrogens is 3. The van der Waals surface area contributed by atoms with E-state index in [1.54, 1.807) is 12.4 Å². The molecule has 0 aliphatic rings. The molecule has 2 rings (SSSR count). The van der Waals surface area contributed by atoms with Gasteiger partial charge in [-0.15, -0.1) is 0 Å². The Bertz CT molecular complexity index is 524. The van der Waals surface area contributed by atoms with E-state index >= 15 is 0 Å². The van der Waals surface area contributed by atoms with Crippen molar-refractivity contribution >= 4 is 11.6 Å². The highest BCUT2D eigenvalue weighted by Gasteiger charge is 2.15. The minimum atomic E-state index is 0.182. The second kappa shape index (κ2) is 6.68. The molecule has 19 heavy (non-hydrogen) atoms. The van der Waals surface area contributed by atoms with Crippen LogP contribution in [0.2, 0.25) is 5.02 Å². The first-order valence-corrected chi connectivity index (χ1v) is 6.89. The van der Waals surface area contributed by atoms with Crippen molar-refractivity contribution in [1.29, 1.82) is 0 Å². The van der Waals surface area contributed by atoms with Gasteiger partial charge in [0.25, 0.3) is 0 Å². The fourth-order valence-electron chi connectivity index (χ4n) is 2.01. The number of nitrogens with zero attached hydrogens (tertiary/aromatic N) is 3. The molecule has 2 aromatic heterocycles. The van der Waals surface area contributed by atoms with Crippen molar-refractivity contribution in [2.24, 2.45) is 7.05 Å². The van der Waals surface area contributed by atoms with Gasteiger partial charge in [-0.3, -0.25) is 9.67 Å². The first kappa shape index (κ1) is 14.0. The van der Waals surface area contributed by atoms with Gasteiger partial charge >= 0.3 is 0 Å². The van der Waals surface area contributed by atoms with Crippen LogP contribution in [0.3, 0.4) is 0 Å². The molecule has 2 aromatic rings. The first-order valence-electron chi connectivity index (χ1n) is 6.52. The van der Waals surface area contributed by atoms with E-state index in [1.807, 2.05) is 30.1 Å². The fraction of sp³-hybridized carbons (Fsp3) is 0.429. The summed E-state index contributed by atoms with van der Waals surface area (Å²) in [5.41, 5.74) is 2.14. The third kappa shape index (κ3) is 3.78. The van der Waals surface area contributed by atoms with Crippen molar-refractivity contribution < 1.29 is 0 Å². The SMILES string of the molecule is CCCNC(Cc1ccncc1Cl)c1ccn(C)n1. The number of pyridine rings is 1. The van der Waals surface area contributed by atoms with Crippen molar-refractivity contribution in [1.82, 2.24) is 20.1 Å². The second-order valence-electron chi connectivity index (χ2n) is 4.59. The molecule has 0 aromatic carbocycles. The van der Waals surface area contributed by atoms with E-state index in [-0.39, 0.29) is 6.04 Å². The van der Waals surface area contributed by atoms with Gasteiger partial charge in [-0.1, -0.05) is 18.5 Å². The normalized spacial score (nSPS) is 12.6. The number of aryl methyl sites for hydroxylation is 1. The Morgan fingerprint density at radius 1 is 1.42 bits per heavy atom. The summed E-state index contributed by atoms with van der Waals surface area (Å²) in [5, 5.41) is 8.72. The third-order valence-electron chi connectivity index (χ3n) is 3.01. The zero-order valence-electron chi connectivity index (χ0n) is 11.3. The minimum absolute atomic E-state index is 0.182. The molecule has 2 heterocycles. The Morgan fingerprint density at radius 2 is 2.26 bits per heavy atom. The lowest BCUT2D eigenvalue weighted by Gasteiger charge is -2.17. The Hall–Kier alpha value is -1.39. The van der Waals surface area contributed by atoms with Gasteiger partial charge in [-0.05, 0) is 37.1 Å². The maximum atomic E-state index is 6.18. The van der Waals surface area contributed by atoms with Crippen molar-refractivity contribution in [3.63, 3.8) is 0 Å². The molecule has 0 fully saturated rings. The van der Waals surface area contributed by atoms with E-state index in [0.717, 1.165) is 30.6 Å². The minimum Gasteiger partial charge on any atom is -0.308 e. The van der Waals surface area contributed by atoms with Crippen LogP contribution in [0.5, 0.6) is 0 Å². The molecule has 0 radical (unpaired) electrons. The number of hydrogen-bond donors (Lipinski definition) is 1. The van der Waals surface area contributed by atoms with Gasteiger partial charge in [-0.25, -0.2) is 0 Å². The molecule has 0 aliphatic carbocycles. The smallest absolute Gasteiger partial charge is 0.0797 e. The quantitative estimate of drug-likeness (QED) is 0.883. The number of rotatable bonds is 6. The van der Waals surface area contributed by atoms with Crippen LogP contribution in [0.25, 0.3) is 0 Å². The molecule has 0 amide bonds. The summed E-state index contributed by atoms with van der Waals surface area (Å²) in [6.07, 6.45) is 7.33. The number of halogens is 1. The number of nitrogens with one attached hydrogen (secondary N) is 1. The van der Waals surface area contributed by atoms with Crippen molar-refractivity contribution in [3.05, 3.63) is 47.0 Å². The van der Waals surface area contributed by atoms with E-state index < -0.39 is 0 Å². The Morgan fingerprint density at radius 3 is 2.89 bits per heavy atom. The van der Waals surface area contributed by atoms with Crippen LogP contribution in [0.15, 0.2) is 30.7 Å². The molecule has 0 aliphatic heterocycles. The molecule has 1 N–H and O–H groups in total. The van der Waals surface area contributed by atoms with Crippen LogP contribution in [0, 0.1) is 0 Å². The predicted molar refractivity (Wildman–Crippen MR) is 77.2 cm³/mol. The van der Waals surface area contributed by atoms with Crippen molar-refractivity contribution in [2.45, 2.75) is 25.8 Å². The van der Waals surface area contributed by atoms with Crippen LogP contribution < -0.4 is 5.32 Å². The molecule has 0 saturated carbocycles. The summed E-state index contributed by atoms with van der Waals surface area (Å²) >= 11 is 6.18. The average Bonchev–Trinajstić information content (AvgIpc) is 2.83. The molecule has 4 nitrogen and oxygen atoms in total. The van der Waals surface area contributed by atoms with Crippen molar-refractivity contribution in [3.8, 4) is 0 Å². The maximum Gasteiger partial charge on any atom is 0.0797 e. The Balaban J connectivity index is 2.16. The van der Waals surface area contributed by atoms with Gasteiger partial charge in [0.1, 0.15) is 0 Å². The highest BCUT2D eigenvalue weighted by molar-refractivity contribution is 6.31. The molecule has 0 spiro atoms. The van der Waals surface area contributed by atoms with Crippen LogP contribution in [0.1, 0.15) is 30.6 Å². The summed E-state index contributed by atoms with van der Waals surface area (Å²) in [6.45, 7) is 3.12. The molecular formula is C14H19ClN4. The summed E-state index contributed by atoms with van der Waals surface area (Å²) in [7, 11) is 1.93. The predicted octanol–water partition coefficient (Wildman–Crippen LogP) is 2.75. The van der Waals surface area contributed by atoms with Gasteiger partial charge in [0.05, 0.1) is 16.8 Å². The highest BCUT2D eigenvalue weighted by Crippen LogP contribution is 2.21. The first-order chi connectivity index (χ1) is 9.20. The van der Waals surface area contributed by atoms with Gasteiger partial charge in [0.2, 0.25) is 0 Å². The Labute approximate surface area is 118 Å². The zero-order valence-corrected chi connectivity index (χ0v) is 12.1. The van der Waals surface area contributed by atoms with E-state index in [0.29, 0.717) is 5.02 Å². The monoisotopic (exact) mass is 278 g/mol. The van der Waals surface area contributed by atoms with Crippen molar-refractivity contribution in [2.75, 3.05) is 6.54 Å². The van der Waals surface area contributed by atoms with Crippen LogP contribution in [-0.2, 0) is 13.5 Å². The standard InChI is InChI=1S/C14H19ClN4/c1-3-6-17-14(13-5-8-19(2)18-13)9-11-4-7-16-10-12(11)15/h4-5,7-8,10,14,17H,3,6,9H2,1-2H3. The number of hydrogen-bond acceptors (Lipinski definition) is 3. The molecule has 1 unspecified atom stereocenters. The zero-order chi connectivity index (χ0) is 13.7. The molecular weight excluding hydrogens is 260 g/mol. The van der Waals surface area contributed by atoms with Crippen LogP contribution in [0.4, 0.5) is 0 Å². The lowest BCUT2D eigenvalue weighted by Crippen LogP contribution is -2.24. The van der Waals surface area contributed by atoms with E-state index in [9.17, 15) is 0 Å². The van der Waals surface area contributed by atoms with Gasteiger partial charge in [0, 0.05) is 25.6 Å². The Kier molecular flexibility index (Phi) is 4.93. The second-order valence-corrected chi connectivity index (χ2v) is 5.00. The van der Waals surface area contributed by atoms with Gasteiger partial charge in [-0.2, -0.15) is 5.10 Å². The molecule has 1 atom stereocenters. The topological polar surface area (TPSA) is 42.7 Å². The lowest BCUT2D eigenvalue weighted by molar-refractivity contribution is 0.510. The largest absolute Gasteiger partial charge is 0.308 e. The fourth-order valence-corrected chi connectivity index (χ4v) is 2.20. The summed E-state index contributed by atoms with van der Waals surface area (Å²) < 4.78 is 1.82. The molecule has 5 heteroatoms. The maximum absolute atomic E-state index is 6.18. The molecule has 102 valence electrons. The summed E-state index contributed by atoms with van der Waals surface area (Å²) in [5.74, 6) is 0. The van der Waals surface area contributed by atoms with E-state index in [2.05, 4.69) is 22.3 Å². The average molecular weight is 279 g/mol. The summed E-state index contributed by atoms with van der Waals surface area (Å²) in [4.78, 5) is 4.02. The van der Waals surface area contributed by atoms with E-state index in [1.165, 1.54) is 0 Å². The van der Waals surface area contributed by atoms with Gasteiger partial charge in [0.15, 0.2) is 0 Å². The summed E-state index contributed by atoms with van der Waals surface area (Å²) in [6, 6.07) is 4.19. The van der Waals surface area contributed by atoms with Crippen LogP contribution in [-0.4, -0.2) is 21.3 Å². The highest BCUT2D eigenvalue weighted by atomic mass is 35.5. The van der Waals surface area contributed by atoms with Gasteiger partial charge < -0.3 is 5.32 Å².